The predicted molar refractivity (Wildman–Crippen MR) is 82.1 cm³/mol. The molecule has 3 atom stereocenters. The molecule has 0 saturated carbocycles. The van der Waals surface area contributed by atoms with Crippen molar-refractivity contribution in [3.8, 4) is 0 Å². The van der Waals surface area contributed by atoms with E-state index in [2.05, 4.69) is 34.0 Å². The van der Waals surface area contributed by atoms with Crippen LogP contribution in [0.1, 0.15) is 24.0 Å². The topological polar surface area (TPSA) is 28.6 Å². The molecule has 1 aromatic rings. The summed E-state index contributed by atoms with van der Waals surface area (Å²) in [6.45, 7) is 10.00. The highest BCUT2D eigenvalue weighted by atomic mass is 32.1. The normalized spacial score (nSPS) is 31.6. The van der Waals surface area contributed by atoms with E-state index in [9.17, 15) is 0 Å². The summed E-state index contributed by atoms with van der Waals surface area (Å²) < 4.78 is 5.73. The standard InChI is InChI=1S/C15H25N3OS/c1-4-17-7-12-13(8-17)18(6-5-14(12)19-3)9-15-16-11(2)10-20-15/h10,12-14H,4-9H2,1-3H3/t12-,13+,14-/m0/s1. The van der Waals surface area contributed by atoms with Gasteiger partial charge in [0.05, 0.1) is 12.6 Å². The number of fused-ring (bicyclic) bond motifs is 1. The zero-order valence-corrected chi connectivity index (χ0v) is 13.5. The monoisotopic (exact) mass is 295 g/mol. The number of methoxy groups -OCH3 is 1. The Morgan fingerprint density at radius 2 is 2.30 bits per heavy atom. The minimum atomic E-state index is 0.436. The van der Waals surface area contributed by atoms with E-state index in [-0.39, 0.29) is 0 Å². The average Bonchev–Trinajstić information content (AvgIpc) is 3.05. The average molecular weight is 295 g/mol. The summed E-state index contributed by atoms with van der Waals surface area (Å²) in [5.41, 5.74) is 1.15. The first-order chi connectivity index (χ1) is 9.71. The zero-order valence-electron chi connectivity index (χ0n) is 12.7. The third kappa shape index (κ3) is 2.77. The zero-order chi connectivity index (χ0) is 14.1. The maximum atomic E-state index is 5.73. The molecule has 0 spiro atoms. The minimum absolute atomic E-state index is 0.436. The van der Waals surface area contributed by atoms with Crippen LogP contribution in [-0.2, 0) is 11.3 Å². The van der Waals surface area contributed by atoms with Crippen LogP contribution in [0.25, 0.3) is 0 Å². The number of ether oxygens (including phenoxy) is 1. The smallest absolute Gasteiger partial charge is 0.107 e. The van der Waals surface area contributed by atoms with Gasteiger partial charge in [-0.25, -0.2) is 4.98 Å². The summed E-state index contributed by atoms with van der Waals surface area (Å²) in [6, 6.07) is 0.637. The molecule has 0 radical (unpaired) electrons. The van der Waals surface area contributed by atoms with Gasteiger partial charge < -0.3 is 9.64 Å². The molecule has 2 aliphatic heterocycles. The molecular weight excluding hydrogens is 270 g/mol. The van der Waals surface area contributed by atoms with Crippen molar-refractivity contribution in [2.75, 3.05) is 33.3 Å². The third-order valence-electron chi connectivity index (χ3n) is 4.81. The Morgan fingerprint density at radius 3 is 2.95 bits per heavy atom. The predicted octanol–water partition coefficient (Wildman–Crippen LogP) is 1.99. The Kier molecular flexibility index (Phi) is 4.40. The second kappa shape index (κ2) is 6.10. The molecule has 2 saturated heterocycles. The van der Waals surface area contributed by atoms with Gasteiger partial charge in [-0.2, -0.15) is 0 Å². The molecule has 0 bridgehead atoms. The highest BCUT2D eigenvalue weighted by molar-refractivity contribution is 7.09. The Balaban J connectivity index is 1.72. The van der Waals surface area contributed by atoms with Crippen LogP contribution < -0.4 is 0 Å². The lowest BCUT2D eigenvalue weighted by molar-refractivity contribution is -0.0245. The fraction of sp³-hybridized carbons (Fsp3) is 0.800. The number of likely N-dealkylation sites (N-methyl/N-ethyl adjacent to an activating group) is 1. The minimum Gasteiger partial charge on any atom is -0.381 e. The van der Waals surface area contributed by atoms with Crippen molar-refractivity contribution in [1.82, 2.24) is 14.8 Å². The molecule has 0 aromatic carbocycles. The van der Waals surface area contributed by atoms with Gasteiger partial charge in [-0.1, -0.05) is 6.92 Å². The maximum absolute atomic E-state index is 5.73. The first kappa shape index (κ1) is 14.4. The molecule has 112 valence electrons. The maximum Gasteiger partial charge on any atom is 0.107 e. The van der Waals surface area contributed by atoms with Crippen LogP contribution in [0.2, 0.25) is 0 Å². The summed E-state index contributed by atoms with van der Waals surface area (Å²) in [4.78, 5) is 9.82. The number of piperidine rings is 1. The summed E-state index contributed by atoms with van der Waals surface area (Å²) in [5, 5.41) is 3.41. The molecule has 0 N–H and O–H groups in total. The number of rotatable bonds is 4. The van der Waals surface area contributed by atoms with E-state index in [1.165, 1.54) is 18.1 Å². The van der Waals surface area contributed by atoms with Crippen molar-refractivity contribution in [2.24, 2.45) is 5.92 Å². The van der Waals surface area contributed by atoms with Crippen molar-refractivity contribution in [2.45, 2.75) is 39.0 Å². The molecule has 1 aromatic heterocycles. The van der Waals surface area contributed by atoms with Crippen molar-refractivity contribution in [1.29, 1.82) is 0 Å². The highest BCUT2D eigenvalue weighted by Gasteiger charge is 2.43. The highest BCUT2D eigenvalue weighted by Crippen LogP contribution is 2.33. The van der Waals surface area contributed by atoms with Crippen LogP contribution in [0.4, 0.5) is 0 Å². The summed E-state index contributed by atoms with van der Waals surface area (Å²) in [5.74, 6) is 0.662. The second-order valence-electron chi connectivity index (χ2n) is 6.00. The van der Waals surface area contributed by atoms with Gasteiger partial charge in [0.25, 0.3) is 0 Å². The Hall–Kier alpha value is -0.490. The van der Waals surface area contributed by atoms with Crippen LogP contribution in [0.3, 0.4) is 0 Å². The number of aromatic nitrogens is 1. The van der Waals surface area contributed by atoms with Crippen LogP contribution in [0.15, 0.2) is 5.38 Å². The molecule has 3 heterocycles. The van der Waals surface area contributed by atoms with E-state index in [1.54, 1.807) is 11.3 Å². The summed E-state index contributed by atoms with van der Waals surface area (Å²) in [6.07, 6.45) is 1.59. The molecule has 3 rings (SSSR count). The Morgan fingerprint density at radius 1 is 1.45 bits per heavy atom. The molecule has 0 amide bonds. The van der Waals surface area contributed by atoms with E-state index >= 15 is 0 Å². The number of nitrogens with zero attached hydrogens (tertiary/aromatic N) is 3. The lowest BCUT2D eigenvalue weighted by Crippen LogP contribution is -2.50. The Labute approximate surface area is 125 Å². The number of aryl methyl sites for hydroxylation is 1. The van der Waals surface area contributed by atoms with Gasteiger partial charge in [-0.3, -0.25) is 4.90 Å². The number of hydrogen-bond acceptors (Lipinski definition) is 5. The van der Waals surface area contributed by atoms with Crippen LogP contribution in [0, 0.1) is 12.8 Å². The molecule has 20 heavy (non-hydrogen) atoms. The van der Waals surface area contributed by atoms with Gasteiger partial charge in [-0.05, 0) is 19.9 Å². The largest absolute Gasteiger partial charge is 0.381 e. The van der Waals surface area contributed by atoms with Gasteiger partial charge >= 0.3 is 0 Å². The summed E-state index contributed by atoms with van der Waals surface area (Å²) in [7, 11) is 1.87. The molecule has 4 nitrogen and oxygen atoms in total. The number of likely N-dealkylation sites (tertiary alicyclic amines) is 2. The number of thiazole rings is 1. The van der Waals surface area contributed by atoms with E-state index in [1.807, 2.05) is 7.11 Å². The molecule has 0 unspecified atom stereocenters. The van der Waals surface area contributed by atoms with Gasteiger partial charge in [0.15, 0.2) is 0 Å². The van der Waals surface area contributed by atoms with Crippen LogP contribution in [-0.4, -0.2) is 60.2 Å². The van der Waals surface area contributed by atoms with Gasteiger partial charge in [-0.15, -0.1) is 11.3 Å². The molecule has 5 heteroatoms. The molecule has 2 fully saturated rings. The van der Waals surface area contributed by atoms with Gasteiger partial charge in [0.1, 0.15) is 5.01 Å². The quantitative estimate of drug-likeness (QED) is 0.849. The van der Waals surface area contributed by atoms with Crippen molar-refractivity contribution >= 4 is 11.3 Å². The van der Waals surface area contributed by atoms with E-state index in [0.29, 0.717) is 18.1 Å². The van der Waals surface area contributed by atoms with Gasteiger partial charge in [0.2, 0.25) is 0 Å². The SMILES string of the molecule is CCN1C[C@@H]2[C@@H](OC)CCN(Cc3nc(C)cs3)[C@@H]2C1. The van der Waals surface area contributed by atoms with E-state index < -0.39 is 0 Å². The summed E-state index contributed by atoms with van der Waals surface area (Å²) >= 11 is 1.79. The first-order valence-corrected chi connectivity index (χ1v) is 8.49. The fourth-order valence-corrected chi connectivity index (χ4v) is 4.51. The van der Waals surface area contributed by atoms with Gasteiger partial charge in [0, 0.05) is 49.8 Å². The molecular formula is C15H25N3OS. The van der Waals surface area contributed by atoms with Crippen molar-refractivity contribution in [3.05, 3.63) is 16.1 Å². The number of hydrogen-bond donors (Lipinski definition) is 0. The molecule has 0 aliphatic carbocycles. The fourth-order valence-electron chi connectivity index (χ4n) is 3.72. The Bertz CT molecular complexity index is 450. The first-order valence-electron chi connectivity index (χ1n) is 7.61. The van der Waals surface area contributed by atoms with E-state index in [4.69, 9.17) is 4.74 Å². The van der Waals surface area contributed by atoms with E-state index in [0.717, 1.165) is 31.7 Å². The van der Waals surface area contributed by atoms with Crippen LogP contribution >= 0.6 is 11.3 Å². The second-order valence-corrected chi connectivity index (χ2v) is 6.94. The van der Waals surface area contributed by atoms with Crippen molar-refractivity contribution < 1.29 is 4.74 Å². The third-order valence-corrected chi connectivity index (χ3v) is 5.76. The lowest BCUT2D eigenvalue weighted by atomic mass is 9.89. The van der Waals surface area contributed by atoms with Crippen molar-refractivity contribution in [3.63, 3.8) is 0 Å². The molecule has 2 aliphatic rings. The van der Waals surface area contributed by atoms with Crippen LogP contribution in [0.5, 0.6) is 0 Å². The lowest BCUT2D eigenvalue weighted by Gasteiger charge is -2.40.